The second kappa shape index (κ2) is 7.91. The summed E-state index contributed by atoms with van der Waals surface area (Å²) in [4.78, 5) is 14.0. The van der Waals surface area contributed by atoms with Gasteiger partial charge in [0.25, 0.3) is 0 Å². The first kappa shape index (κ1) is 14.9. The normalized spacial score (nSPS) is 19.2. The van der Waals surface area contributed by atoms with E-state index in [0.29, 0.717) is 39.3 Å². The Morgan fingerprint density at radius 2 is 2.45 bits per heavy atom. The Labute approximate surface area is 118 Å². The van der Waals surface area contributed by atoms with Crippen LogP contribution in [0.3, 0.4) is 0 Å². The lowest BCUT2D eigenvalue weighted by Crippen LogP contribution is -2.45. The highest BCUT2D eigenvalue weighted by atomic mass is 16.5. The highest BCUT2D eigenvalue weighted by Crippen LogP contribution is 2.11. The van der Waals surface area contributed by atoms with Gasteiger partial charge in [0.2, 0.25) is 5.91 Å². The average molecular weight is 283 g/mol. The zero-order chi connectivity index (χ0) is 14.2. The number of ether oxygens (including phenoxy) is 2. The lowest BCUT2D eigenvalue weighted by atomic mass is 10.2. The topological polar surface area (TPSA) is 82.4 Å². The Balaban J connectivity index is 1.68. The van der Waals surface area contributed by atoms with Crippen LogP contribution in [0, 0.1) is 0 Å². The summed E-state index contributed by atoms with van der Waals surface area (Å²) in [5, 5.41) is 10.9. The van der Waals surface area contributed by atoms with Crippen LogP contribution < -0.4 is 0 Å². The second-order valence-corrected chi connectivity index (χ2v) is 4.79. The van der Waals surface area contributed by atoms with Crippen LogP contribution in [0.1, 0.15) is 19.3 Å². The molecular formula is C12H21N5O3. The van der Waals surface area contributed by atoms with Crippen molar-refractivity contribution in [2.24, 2.45) is 0 Å². The minimum Gasteiger partial charge on any atom is -0.385 e. The van der Waals surface area contributed by atoms with Gasteiger partial charge >= 0.3 is 0 Å². The van der Waals surface area contributed by atoms with E-state index in [2.05, 4.69) is 15.5 Å². The molecule has 1 fully saturated rings. The molecule has 1 amide bonds. The summed E-state index contributed by atoms with van der Waals surface area (Å²) >= 11 is 0. The standard InChI is InChI=1S/C12H21N5O3/c1-19-7-4-11-9-16(6-8-20-11)12(18)3-2-5-17-10-13-14-15-17/h10-11H,2-9H2,1H3/t11-/m1/s1. The van der Waals surface area contributed by atoms with E-state index in [1.165, 1.54) is 0 Å². The van der Waals surface area contributed by atoms with Crippen LogP contribution >= 0.6 is 0 Å². The Hall–Kier alpha value is -1.54. The maximum Gasteiger partial charge on any atom is 0.222 e. The molecule has 112 valence electrons. The minimum absolute atomic E-state index is 0.0900. The van der Waals surface area contributed by atoms with Crippen LogP contribution in [0.4, 0.5) is 0 Å². The number of hydrogen-bond donors (Lipinski definition) is 0. The zero-order valence-electron chi connectivity index (χ0n) is 11.8. The summed E-state index contributed by atoms with van der Waals surface area (Å²) in [6.07, 6.45) is 3.72. The molecule has 0 spiro atoms. The molecule has 0 bridgehead atoms. The van der Waals surface area contributed by atoms with Gasteiger partial charge < -0.3 is 14.4 Å². The van der Waals surface area contributed by atoms with E-state index >= 15 is 0 Å². The predicted octanol–water partition coefficient (Wildman–Crippen LogP) is -0.283. The minimum atomic E-state index is 0.0900. The van der Waals surface area contributed by atoms with E-state index in [9.17, 15) is 4.79 Å². The number of morpholine rings is 1. The number of carbonyl (C=O) groups is 1. The molecule has 8 heteroatoms. The summed E-state index contributed by atoms with van der Waals surface area (Å²) in [6.45, 7) is 3.26. The molecule has 2 rings (SSSR count). The molecule has 1 saturated heterocycles. The molecule has 0 aliphatic carbocycles. The predicted molar refractivity (Wildman–Crippen MR) is 69.9 cm³/mol. The molecule has 0 N–H and O–H groups in total. The highest BCUT2D eigenvalue weighted by Gasteiger charge is 2.23. The maximum absolute atomic E-state index is 12.1. The number of carbonyl (C=O) groups excluding carboxylic acids is 1. The molecule has 1 aliphatic rings. The first-order valence-electron chi connectivity index (χ1n) is 6.88. The van der Waals surface area contributed by atoms with Crippen LogP contribution in [-0.2, 0) is 20.8 Å². The van der Waals surface area contributed by atoms with Gasteiger partial charge in [-0.2, -0.15) is 0 Å². The molecule has 0 radical (unpaired) electrons. The van der Waals surface area contributed by atoms with Crippen molar-refractivity contribution in [2.75, 3.05) is 33.4 Å². The summed E-state index contributed by atoms with van der Waals surface area (Å²) in [7, 11) is 1.67. The van der Waals surface area contributed by atoms with Gasteiger partial charge in [-0.3, -0.25) is 4.79 Å². The monoisotopic (exact) mass is 283 g/mol. The summed E-state index contributed by atoms with van der Waals surface area (Å²) in [5.74, 6) is 0.170. The van der Waals surface area contributed by atoms with Crippen molar-refractivity contribution in [2.45, 2.75) is 31.9 Å². The number of methoxy groups -OCH3 is 1. The van der Waals surface area contributed by atoms with Gasteiger partial charge in [-0.15, -0.1) is 5.10 Å². The molecule has 8 nitrogen and oxygen atoms in total. The fourth-order valence-corrected chi connectivity index (χ4v) is 2.20. The van der Waals surface area contributed by atoms with Crippen LogP contribution in [-0.4, -0.2) is 70.5 Å². The van der Waals surface area contributed by atoms with E-state index in [1.807, 2.05) is 4.90 Å². The molecule has 0 unspecified atom stereocenters. The molecule has 1 atom stereocenters. The molecule has 2 heterocycles. The summed E-state index contributed by atoms with van der Waals surface area (Å²) < 4.78 is 12.3. The third-order valence-corrected chi connectivity index (χ3v) is 3.30. The van der Waals surface area contributed by atoms with Gasteiger partial charge in [0.1, 0.15) is 6.33 Å². The Bertz CT molecular complexity index is 398. The number of hydrogen-bond acceptors (Lipinski definition) is 6. The van der Waals surface area contributed by atoms with Crippen molar-refractivity contribution in [3.63, 3.8) is 0 Å². The number of nitrogens with zero attached hydrogens (tertiary/aromatic N) is 5. The quantitative estimate of drug-likeness (QED) is 0.684. The van der Waals surface area contributed by atoms with Crippen LogP contribution in [0.5, 0.6) is 0 Å². The number of tetrazole rings is 1. The smallest absolute Gasteiger partial charge is 0.222 e. The lowest BCUT2D eigenvalue weighted by molar-refractivity contribution is -0.139. The third-order valence-electron chi connectivity index (χ3n) is 3.30. The molecule has 1 aliphatic heterocycles. The molecule has 1 aromatic heterocycles. The Kier molecular flexibility index (Phi) is 5.87. The van der Waals surface area contributed by atoms with E-state index in [-0.39, 0.29) is 12.0 Å². The van der Waals surface area contributed by atoms with E-state index in [4.69, 9.17) is 9.47 Å². The van der Waals surface area contributed by atoms with E-state index < -0.39 is 0 Å². The SMILES string of the molecule is COCC[C@@H]1CN(C(=O)CCCn2cnnn2)CCO1. The fourth-order valence-electron chi connectivity index (χ4n) is 2.20. The molecule has 20 heavy (non-hydrogen) atoms. The van der Waals surface area contributed by atoms with Gasteiger partial charge in [-0.1, -0.05) is 0 Å². The third kappa shape index (κ3) is 4.53. The van der Waals surface area contributed by atoms with Crippen LogP contribution in [0.15, 0.2) is 6.33 Å². The van der Waals surface area contributed by atoms with Gasteiger partial charge in [0, 0.05) is 39.8 Å². The van der Waals surface area contributed by atoms with Crippen LogP contribution in [0.25, 0.3) is 0 Å². The second-order valence-electron chi connectivity index (χ2n) is 4.79. The molecule has 1 aromatic rings. The Morgan fingerprint density at radius 3 is 3.20 bits per heavy atom. The maximum atomic E-state index is 12.1. The van der Waals surface area contributed by atoms with Crippen molar-refractivity contribution in [1.29, 1.82) is 0 Å². The van der Waals surface area contributed by atoms with Gasteiger partial charge in [0.15, 0.2) is 0 Å². The highest BCUT2D eigenvalue weighted by molar-refractivity contribution is 5.76. The lowest BCUT2D eigenvalue weighted by Gasteiger charge is -2.33. The van der Waals surface area contributed by atoms with Gasteiger partial charge in [-0.05, 0) is 23.3 Å². The van der Waals surface area contributed by atoms with Crippen molar-refractivity contribution in [3.05, 3.63) is 6.33 Å². The van der Waals surface area contributed by atoms with Gasteiger partial charge in [-0.25, -0.2) is 4.68 Å². The molecular weight excluding hydrogens is 262 g/mol. The Morgan fingerprint density at radius 1 is 1.55 bits per heavy atom. The van der Waals surface area contributed by atoms with Crippen molar-refractivity contribution in [3.8, 4) is 0 Å². The van der Waals surface area contributed by atoms with Gasteiger partial charge in [0.05, 0.1) is 12.7 Å². The largest absolute Gasteiger partial charge is 0.385 e. The first-order valence-corrected chi connectivity index (χ1v) is 6.88. The van der Waals surface area contributed by atoms with E-state index in [1.54, 1.807) is 18.1 Å². The fraction of sp³-hybridized carbons (Fsp3) is 0.833. The number of amides is 1. The average Bonchev–Trinajstić information content (AvgIpc) is 2.98. The van der Waals surface area contributed by atoms with Crippen molar-refractivity contribution < 1.29 is 14.3 Å². The molecule has 0 saturated carbocycles. The summed E-state index contributed by atoms with van der Waals surface area (Å²) in [6, 6.07) is 0. The molecule has 0 aromatic carbocycles. The first-order chi connectivity index (χ1) is 9.79. The number of aryl methyl sites for hydroxylation is 1. The van der Waals surface area contributed by atoms with Crippen molar-refractivity contribution >= 4 is 5.91 Å². The summed E-state index contributed by atoms with van der Waals surface area (Å²) in [5.41, 5.74) is 0. The zero-order valence-corrected chi connectivity index (χ0v) is 11.8. The van der Waals surface area contributed by atoms with Crippen molar-refractivity contribution in [1.82, 2.24) is 25.1 Å². The number of aromatic nitrogens is 4. The van der Waals surface area contributed by atoms with Crippen LogP contribution in [0.2, 0.25) is 0 Å². The number of rotatable bonds is 7. The van der Waals surface area contributed by atoms with E-state index in [0.717, 1.165) is 12.8 Å².